The second kappa shape index (κ2) is 9.55. The first kappa shape index (κ1) is 17.7. The van der Waals surface area contributed by atoms with Gasteiger partial charge in [0.2, 0.25) is 0 Å². The number of aliphatic hydroxyl groups is 1. The van der Waals surface area contributed by atoms with E-state index in [0.717, 1.165) is 0 Å². The van der Waals surface area contributed by atoms with Gasteiger partial charge in [-0.1, -0.05) is 0 Å². The molecule has 0 aliphatic heterocycles. The van der Waals surface area contributed by atoms with Gasteiger partial charge in [-0.05, 0) is 0 Å². The molecule has 96 valence electrons. The van der Waals surface area contributed by atoms with Gasteiger partial charge in [0.05, 0.1) is 25.3 Å². The second-order valence-corrected chi connectivity index (χ2v) is 3.81. The number of carbonyl (C=O) groups excluding carboxylic acids is 2. The van der Waals surface area contributed by atoms with Crippen LogP contribution in [0.4, 0.5) is 0 Å². The molecule has 0 heterocycles. The van der Waals surface area contributed by atoms with Crippen LogP contribution in [0.3, 0.4) is 0 Å². The Morgan fingerprint density at radius 1 is 1.19 bits per heavy atom. The van der Waals surface area contributed by atoms with E-state index in [9.17, 15) is 14.2 Å². The third kappa shape index (κ3) is 15.8. The molecule has 7 N–H and O–H groups in total. The summed E-state index contributed by atoms with van der Waals surface area (Å²) in [5.41, 5.74) is 9.80. The van der Waals surface area contributed by atoms with E-state index in [0.29, 0.717) is 12.6 Å². The van der Waals surface area contributed by atoms with E-state index < -0.39 is 26.5 Å². The fraction of sp³-hybridized carbons (Fsp3) is 0.667. The molecule has 0 aromatic heterocycles. The molecule has 0 unspecified atom stereocenters. The molecule has 0 radical (unpaired) electrons. The molecular weight excluding hydrogens is 243 g/mol. The van der Waals surface area contributed by atoms with E-state index in [-0.39, 0.29) is 6.61 Å². The normalized spacial score (nSPS) is 14.3. The topological polar surface area (TPSA) is 173 Å². The summed E-state index contributed by atoms with van der Waals surface area (Å²) in [6.07, 6.45) is 0.843. The lowest BCUT2D eigenvalue weighted by atomic mass is 10.4. The van der Waals surface area contributed by atoms with Crippen molar-refractivity contribution in [2.24, 2.45) is 11.5 Å². The van der Waals surface area contributed by atoms with Gasteiger partial charge in [0, 0.05) is 0 Å². The number of phosphoric acid groups is 1. The lowest BCUT2D eigenvalue weighted by Gasteiger charge is -2.05. The fourth-order valence-corrected chi connectivity index (χ4v) is 0.632. The molecule has 0 aromatic carbocycles. The lowest BCUT2D eigenvalue weighted by molar-refractivity contribution is -0.110. The van der Waals surface area contributed by atoms with E-state index in [1.54, 1.807) is 0 Å². The Kier molecular flexibility index (Phi) is 10.6. The van der Waals surface area contributed by atoms with Crippen molar-refractivity contribution in [1.82, 2.24) is 0 Å². The van der Waals surface area contributed by atoms with Crippen molar-refractivity contribution in [3.05, 3.63) is 0 Å². The third-order valence-corrected chi connectivity index (χ3v) is 1.48. The summed E-state index contributed by atoms with van der Waals surface area (Å²) in [6.45, 7) is -0.725. The standard InChI is InChI=1S/C3H8NO5P.C3H7NO2/c4-3(1-5)2-9-10(6,7)8;4-3(1-5)2-6/h1,3H,2,4H2,(H2,6,7,8);1,3,6H,2,4H2/t2*3-/m11/s1. The van der Waals surface area contributed by atoms with Gasteiger partial charge >= 0.3 is 7.82 Å². The molecular formula is C6H15N2O7P. The van der Waals surface area contributed by atoms with Crippen molar-refractivity contribution in [2.75, 3.05) is 13.2 Å². The van der Waals surface area contributed by atoms with Gasteiger partial charge in [0.25, 0.3) is 0 Å². The van der Waals surface area contributed by atoms with Crippen molar-refractivity contribution in [1.29, 1.82) is 0 Å². The number of phosphoric ester groups is 1. The van der Waals surface area contributed by atoms with Gasteiger partial charge in [-0.2, -0.15) is 0 Å². The molecule has 2 atom stereocenters. The number of rotatable bonds is 6. The van der Waals surface area contributed by atoms with Crippen LogP contribution in [0.5, 0.6) is 0 Å². The molecule has 10 heteroatoms. The predicted molar refractivity (Wildman–Crippen MR) is 53.2 cm³/mol. The summed E-state index contributed by atoms with van der Waals surface area (Å²) in [6, 6.07) is -1.67. The Morgan fingerprint density at radius 2 is 1.62 bits per heavy atom. The highest BCUT2D eigenvalue weighted by atomic mass is 31.2. The monoisotopic (exact) mass is 258 g/mol. The van der Waals surface area contributed by atoms with Crippen LogP contribution in [0.2, 0.25) is 0 Å². The zero-order valence-electron chi connectivity index (χ0n) is 8.30. The van der Waals surface area contributed by atoms with E-state index in [2.05, 4.69) is 4.52 Å². The van der Waals surface area contributed by atoms with Gasteiger partial charge in [0.15, 0.2) is 0 Å². The molecule has 0 saturated heterocycles. The van der Waals surface area contributed by atoms with Crippen LogP contribution >= 0.6 is 7.82 Å². The first-order valence-electron chi connectivity index (χ1n) is 3.99. The Hall–Kier alpha value is -0.670. The predicted octanol–water partition coefficient (Wildman–Crippen LogP) is -2.87. The first-order valence-corrected chi connectivity index (χ1v) is 5.52. The van der Waals surface area contributed by atoms with Crippen molar-refractivity contribution in [3.63, 3.8) is 0 Å². The molecule has 0 fully saturated rings. The zero-order valence-corrected chi connectivity index (χ0v) is 9.19. The van der Waals surface area contributed by atoms with Crippen LogP contribution in [0.25, 0.3) is 0 Å². The van der Waals surface area contributed by atoms with E-state index >= 15 is 0 Å². The molecule has 0 aromatic rings. The van der Waals surface area contributed by atoms with Crippen molar-refractivity contribution in [2.45, 2.75) is 12.1 Å². The van der Waals surface area contributed by atoms with Gasteiger partial charge in [-0.3, -0.25) is 4.52 Å². The van der Waals surface area contributed by atoms with Crippen LogP contribution < -0.4 is 11.5 Å². The molecule has 0 rings (SSSR count). The number of aliphatic hydroxyl groups excluding tert-OH is 1. The maximum Gasteiger partial charge on any atom is 0.469 e. The van der Waals surface area contributed by atoms with Crippen LogP contribution in [-0.4, -0.2) is 52.8 Å². The number of nitrogens with two attached hydrogens (primary N) is 2. The van der Waals surface area contributed by atoms with Crippen LogP contribution in [0, 0.1) is 0 Å². The number of hydrogen-bond donors (Lipinski definition) is 5. The minimum absolute atomic E-state index is 0.260. The zero-order chi connectivity index (χ0) is 13.2. The molecule has 16 heavy (non-hydrogen) atoms. The number of aldehydes is 2. The Balaban J connectivity index is 0. The second-order valence-electron chi connectivity index (χ2n) is 2.57. The maximum absolute atomic E-state index is 9.95. The van der Waals surface area contributed by atoms with Crippen molar-refractivity contribution < 1.29 is 33.6 Å². The summed E-state index contributed by atoms with van der Waals surface area (Å²) in [4.78, 5) is 35.4. The molecule has 0 saturated carbocycles. The van der Waals surface area contributed by atoms with Gasteiger partial charge in [0.1, 0.15) is 12.6 Å². The average molecular weight is 258 g/mol. The summed E-state index contributed by atoms with van der Waals surface area (Å²) in [7, 11) is -4.47. The summed E-state index contributed by atoms with van der Waals surface area (Å²) in [5, 5.41) is 7.98. The highest BCUT2D eigenvalue weighted by molar-refractivity contribution is 7.46. The highest BCUT2D eigenvalue weighted by Crippen LogP contribution is 2.35. The highest BCUT2D eigenvalue weighted by Gasteiger charge is 2.15. The minimum Gasteiger partial charge on any atom is -0.394 e. The van der Waals surface area contributed by atoms with Gasteiger partial charge < -0.3 is 35.9 Å². The maximum atomic E-state index is 9.95. The summed E-state index contributed by atoms with van der Waals surface area (Å²) in [5.74, 6) is 0. The molecule has 9 nitrogen and oxygen atoms in total. The van der Waals surface area contributed by atoms with Crippen molar-refractivity contribution in [3.8, 4) is 0 Å². The van der Waals surface area contributed by atoms with Crippen LogP contribution in [0.1, 0.15) is 0 Å². The average Bonchev–Trinajstić information content (AvgIpc) is 2.24. The molecule has 0 aliphatic rings. The molecule has 0 spiro atoms. The first-order chi connectivity index (χ1) is 7.26. The SMILES string of the molecule is N[C@H](C=O)CO.N[C@H](C=O)COP(=O)(O)O. The number of hydrogen-bond acceptors (Lipinski definition) is 7. The lowest BCUT2D eigenvalue weighted by Crippen LogP contribution is -2.26. The molecule has 0 amide bonds. The van der Waals surface area contributed by atoms with Crippen LogP contribution in [-0.2, 0) is 18.7 Å². The summed E-state index contributed by atoms with van der Waals surface area (Å²) >= 11 is 0. The van der Waals surface area contributed by atoms with Crippen molar-refractivity contribution >= 4 is 20.4 Å². The summed E-state index contributed by atoms with van der Waals surface area (Å²) < 4.78 is 13.8. The fourth-order valence-electron chi connectivity index (χ4n) is 0.265. The van der Waals surface area contributed by atoms with E-state index in [4.69, 9.17) is 26.4 Å². The minimum atomic E-state index is -4.47. The molecule has 0 aliphatic carbocycles. The Bertz CT molecular complexity index is 243. The Morgan fingerprint density at radius 3 is 1.81 bits per heavy atom. The number of carbonyl (C=O) groups is 2. The largest absolute Gasteiger partial charge is 0.469 e. The Labute approximate surface area is 91.6 Å². The quantitative estimate of drug-likeness (QED) is 0.247. The third-order valence-electron chi connectivity index (χ3n) is 0.996. The van der Waals surface area contributed by atoms with Crippen LogP contribution in [0.15, 0.2) is 0 Å². The van der Waals surface area contributed by atoms with Gasteiger partial charge in [-0.25, -0.2) is 4.57 Å². The van der Waals surface area contributed by atoms with E-state index in [1.807, 2.05) is 0 Å². The van der Waals surface area contributed by atoms with E-state index in [1.165, 1.54) is 0 Å². The van der Waals surface area contributed by atoms with Gasteiger partial charge in [-0.15, -0.1) is 0 Å². The smallest absolute Gasteiger partial charge is 0.394 e. The molecule has 0 bridgehead atoms.